The van der Waals surface area contributed by atoms with Crippen molar-refractivity contribution in [1.82, 2.24) is 19.7 Å². The zero-order chi connectivity index (χ0) is 20.7. The molecule has 4 aromatic rings. The maximum absolute atomic E-state index is 13.7. The van der Waals surface area contributed by atoms with E-state index < -0.39 is 0 Å². The second-order valence-corrected chi connectivity index (χ2v) is 9.66. The standard InChI is InChI=1S/C22H22N4O2S2/c1-3-17-24-25-18(28-17)12-29-22-23-20-19(15-10-9-13(2)11-16(15)30-20)21(27)26(22)14-7-5-4-6-8-14/h4-8,13H,3,9-12H2,1-2H3. The van der Waals surface area contributed by atoms with Crippen molar-refractivity contribution >= 4 is 33.3 Å². The van der Waals surface area contributed by atoms with Crippen LogP contribution in [-0.4, -0.2) is 19.7 Å². The van der Waals surface area contributed by atoms with Crippen LogP contribution in [0.4, 0.5) is 0 Å². The van der Waals surface area contributed by atoms with Gasteiger partial charge >= 0.3 is 0 Å². The Bertz CT molecular complexity index is 1260. The van der Waals surface area contributed by atoms with Gasteiger partial charge in [-0.2, -0.15) is 0 Å². The first kappa shape index (κ1) is 19.5. The molecule has 0 fully saturated rings. The van der Waals surface area contributed by atoms with Crippen LogP contribution in [0.25, 0.3) is 15.9 Å². The first-order valence-electron chi connectivity index (χ1n) is 10.2. The summed E-state index contributed by atoms with van der Waals surface area (Å²) in [7, 11) is 0. The highest BCUT2D eigenvalue weighted by Crippen LogP contribution is 2.37. The monoisotopic (exact) mass is 438 g/mol. The predicted molar refractivity (Wildman–Crippen MR) is 120 cm³/mol. The largest absolute Gasteiger partial charge is 0.424 e. The Labute approximate surface area is 182 Å². The number of hydrogen-bond donors (Lipinski definition) is 0. The first-order valence-corrected chi connectivity index (χ1v) is 12.0. The fraction of sp³-hybridized carbons (Fsp3) is 0.364. The number of para-hydroxylation sites is 1. The van der Waals surface area contributed by atoms with Crippen molar-refractivity contribution in [3.8, 4) is 5.69 Å². The van der Waals surface area contributed by atoms with E-state index in [1.165, 1.54) is 22.2 Å². The summed E-state index contributed by atoms with van der Waals surface area (Å²) in [5, 5.41) is 9.58. The van der Waals surface area contributed by atoms with Crippen molar-refractivity contribution in [2.75, 3.05) is 0 Å². The van der Waals surface area contributed by atoms with Crippen LogP contribution in [-0.2, 0) is 25.0 Å². The van der Waals surface area contributed by atoms with E-state index in [1.54, 1.807) is 15.9 Å². The van der Waals surface area contributed by atoms with Gasteiger partial charge in [-0.05, 0) is 42.9 Å². The average Bonchev–Trinajstić information content (AvgIpc) is 3.36. The molecule has 154 valence electrons. The molecule has 0 N–H and O–H groups in total. The quantitative estimate of drug-likeness (QED) is 0.329. The highest BCUT2D eigenvalue weighted by Gasteiger charge is 2.25. The molecule has 5 rings (SSSR count). The Morgan fingerprint density at radius 1 is 1.23 bits per heavy atom. The SMILES string of the molecule is CCc1nnc(CSc2nc3sc4c(c3c(=O)n2-c2ccccc2)CCC(C)C4)o1. The Kier molecular flexibility index (Phi) is 5.20. The van der Waals surface area contributed by atoms with Crippen LogP contribution in [0.15, 0.2) is 44.7 Å². The molecule has 30 heavy (non-hydrogen) atoms. The summed E-state index contributed by atoms with van der Waals surface area (Å²) < 4.78 is 7.37. The fourth-order valence-electron chi connectivity index (χ4n) is 3.89. The van der Waals surface area contributed by atoms with Crippen LogP contribution in [0.2, 0.25) is 0 Å². The molecule has 0 aliphatic heterocycles. The molecular weight excluding hydrogens is 416 g/mol. The molecule has 0 saturated carbocycles. The van der Waals surface area contributed by atoms with Gasteiger partial charge in [-0.3, -0.25) is 9.36 Å². The number of nitrogens with zero attached hydrogens (tertiary/aromatic N) is 4. The van der Waals surface area contributed by atoms with Gasteiger partial charge in [-0.15, -0.1) is 21.5 Å². The van der Waals surface area contributed by atoms with Crippen molar-refractivity contribution in [2.45, 2.75) is 50.4 Å². The summed E-state index contributed by atoms with van der Waals surface area (Å²) in [6.45, 7) is 4.26. The maximum atomic E-state index is 13.7. The molecule has 0 saturated heterocycles. The third kappa shape index (κ3) is 3.48. The van der Waals surface area contributed by atoms with E-state index in [1.807, 2.05) is 37.3 Å². The zero-order valence-electron chi connectivity index (χ0n) is 16.9. The Morgan fingerprint density at radius 3 is 2.80 bits per heavy atom. The van der Waals surface area contributed by atoms with E-state index in [4.69, 9.17) is 9.40 Å². The van der Waals surface area contributed by atoms with Crippen LogP contribution in [0.3, 0.4) is 0 Å². The molecule has 1 aliphatic rings. The van der Waals surface area contributed by atoms with Gasteiger partial charge in [0.25, 0.3) is 5.56 Å². The summed E-state index contributed by atoms with van der Waals surface area (Å²) in [6, 6.07) is 9.72. The zero-order valence-corrected chi connectivity index (χ0v) is 18.6. The van der Waals surface area contributed by atoms with Gasteiger partial charge in [0.2, 0.25) is 11.8 Å². The molecule has 0 bridgehead atoms. The van der Waals surface area contributed by atoms with Gasteiger partial charge in [-0.25, -0.2) is 4.98 Å². The number of thioether (sulfide) groups is 1. The number of aromatic nitrogens is 4. The number of hydrogen-bond acceptors (Lipinski definition) is 7. The van der Waals surface area contributed by atoms with Crippen molar-refractivity contribution in [1.29, 1.82) is 0 Å². The lowest BCUT2D eigenvalue weighted by molar-refractivity contribution is 0.469. The van der Waals surface area contributed by atoms with Crippen LogP contribution < -0.4 is 5.56 Å². The normalized spacial score (nSPS) is 16.1. The van der Waals surface area contributed by atoms with E-state index in [0.29, 0.717) is 35.0 Å². The van der Waals surface area contributed by atoms with E-state index >= 15 is 0 Å². The molecule has 1 aliphatic carbocycles. The van der Waals surface area contributed by atoms with Gasteiger partial charge in [-0.1, -0.05) is 43.8 Å². The first-order chi connectivity index (χ1) is 14.6. The second-order valence-electron chi connectivity index (χ2n) is 7.63. The van der Waals surface area contributed by atoms with Crippen LogP contribution in [0, 0.1) is 5.92 Å². The molecule has 1 atom stereocenters. The topological polar surface area (TPSA) is 73.8 Å². The summed E-state index contributed by atoms with van der Waals surface area (Å²) in [5.74, 6) is 2.29. The highest BCUT2D eigenvalue weighted by molar-refractivity contribution is 7.98. The maximum Gasteiger partial charge on any atom is 0.267 e. The third-order valence-corrected chi connectivity index (χ3v) is 7.52. The fourth-order valence-corrected chi connectivity index (χ4v) is 6.16. The van der Waals surface area contributed by atoms with Crippen molar-refractivity contribution in [2.24, 2.45) is 5.92 Å². The molecule has 0 radical (unpaired) electrons. The number of rotatable bonds is 5. The Hall–Kier alpha value is -2.45. The van der Waals surface area contributed by atoms with Gasteiger partial charge in [0.05, 0.1) is 16.8 Å². The molecular formula is C22H22N4O2S2. The second kappa shape index (κ2) is 8.00. The van der Waals surface area contributed by atoms with Crippen LogP contribution in [0.1, 0.15) is 42.5 Å². The van der Waals surface area contributed by atoms with Crippen molar-refractivity contribution < 1.29 is 4.42 Å². The lowest BCUT2D eigenvalue weighted by Gasteiger charge is -2.17. The molecule has 0 spiro atoms. The van der Waals surface area contributed by atoms with Gasteiger partial charge in [0, 0.05) is 11.3 Å². The minimum Gasteiger partial charge on any atom is -0.424 e. The summed E-state index contributed by atoms with van der Waals surface area (Å²) >= 11 is 3.13. The molecule has 3 heterocycles. The van der Waals surface area contributed by atoms with Crippen molar-refractivity contribution in [3.63, 3.8) is 0 Å². The number of benzene rings is 1. The number of fused-ring (bicyclic) bond motifs is 3. The Balaban J connectivity index is 1.63. The van der Waals surface area contributed by atoms with Crippen LogP contribution in [0.5, 0.6) is 0 Å². The van der Waals surface area contributed by atoms with E-state index in [9.17, 15) is 4.79 Å². The van der Waals surface area contributed by atoms with Gasteiger partial charge in [0.1, 0.15) is 4.83 Å². The number of aryl methyl sites for hydroxylation is 2. The molecule has 3 aromatic heterocycles. The molecule has 6 nitrogen and oxygen atoms in total. The highest BCUT2D eigenvalue weighted by atomic mass is 32.2. The van der Waals surface area contributed by atoms with E-state index in [0.717, 1.165) is 35.2 Å². The van der Waals surface area contributed by atoms with Gasteiger partial charge in [0.15, 0.2) is 5.16 Å². The minimum atomic E-state index is 0.0144. The van der Waals surface area contributed by atoms with Gasteiger partial charge < -0.3 is 4.42 Å². The summed E-state index contributed by atoms with van der Waals surface area (Å²) in [5.41, 5.74) is 2.04. The smallest absolute Gasteiger partial charge is 0.267 e. The Morgan fingerprint density at radius 2 is 2.03 bits per heavy atom. The summed E-state index contributed by atoms with van der Waals surface area (Å²) in [6.07, 6.45) is 3.81. The lowest BCUT2D eigenvalue weighted by atomic mass is 9.89. The molecule has 8 heteroatoms. The predicted octanol–water partition coefficient (Wildman–Crippen LogP) is 4.81. The lowest BCUT2D eigenvalue weighted by Crippen LogP contribution is -2.22. The average molecular weight is 439 g/mol. The molecule has 0 amide bonds. The molecule has 1 aromatic carbocycles. The van der Waals surface area contributed by atoms with Crippen LogP contribution >= 0.6 is 23.1 Å². The van der Waals surface area contributed by atoms with E-state index in [2.05, 4.69) is 17.1 Å². The van der Waals surface area contributed by atoms with E-state index in [-0.39, 0.29) is 5.56 Å². The molecule has 1 unspecified atom stereocenters. The third-order valence-electron chi connectivity index (χ3n) is 5.45. The minimum absolute atomic E-state index is 0.0144. The summed E-state index contributed by atoms with van der Waals surface area (Å²) in [4.78, 5) is 20.8. The van der Waals surface area contributed by atoms with Crippen molar-refractivity contribution in [3.05, 3.63) is 62.9 Å². The number of thiophene rings is 1.